The van der Waals surface area contributed by atoms with E-state index < -0.39 is 0 Å². The molecule has 3 heterocycles. The minimum atomic E-state index is 0.471. The van der Waals surface area contributed by atoms with E-state index in [1.165, 1.54) is 11.1 Å². The molecule has 3 aromatic heterocycles. The maximum absolute atomic E-state index is 10.9. The first kappa shape index (κ1) is 38.2. The van der Waals surface area contributed by atoms with Crippen LogP contribution in [0, 0.1) is 18.3 Å². The minimum absolute atomic E-state index is 0.471. The predicted octanol–water partition coefficient (Wildman–Crippen LogP) is 14.2. The van der Waals surface area contributed by atoms with Gasteiger partial charge in [-0.3, -0.25) is 0 Å². The second-order valence-electron chi connectivity index (χ2n) is 15.8. The average molecular weight is 819 g/mol. The SMILES string of the molecule is Cc1ccccc1-c1ccc2c(c1)c1ccccc1n2-c1c(-c2cc(-c3ccccc3)nc(-c3ccccc3)n2)cc(C#N)cc1-c1cc(-c2ccccc2)nc(-c2ccccc2)n1. The molecule has 11 aromatic rings. The van der Waals surface area contributed by atoms with Crippen LogP contribution in [0.15, 0.2) is 212 Å². The Bertz CT molecular complexity index is 3290. The molecule has 0 aliphatic rings. The maximum Gasteiger partial charge on any atom is 0.160 e. The number of nitrogens with zero attached hydrogens (tertiary/aromatic N) is 6. The Morgan fingerprint density at radius 1 is 0.375 bits per heavy atom. The monoisotopic (exact) mass is 818 g/mol. The molecular weight excluding hydrogens is 781 g/mol. The highest BCUT2D eigenvalue weighted by Crippen LogP contribution is 2.44. The van der Waals surface area contributed by atoms with E-state index in [1.807, 2.05) is 121 Å². The molecule has 0 atom stereocenters. The van der Waals surface area contributed by atoms with Gasteiger partial charge in [0.05, 0.1) is 51.1 Å². The number of hydrogen-bond acceptors (Lipinski definition) is 5. The summed E-state index contributed by atoms with van der Waals surface area (Å²) in [7, 11) is 0. The summed E-state index contributed by atoms with van der Waals surface area (Å²) in [5.41, 5.74) is 14.9. The summed E-state index contributed by atoms with van der Waals surface area (Å²) in [5.74, 6) is 1.16. The lowest BCUT2D eigenvalue weighted by atomic mass is 9.95. The Morgan fingerprint density at radius 3 is 1.36 bits per heavy atom. The van der Waals surface area contributed by atoms with Crippen molar-refractivity contribution in [1.29, 1.82) is 5.26 Å². The number of nitriles is 1. The normalized spacial score (nSPS) is 11.2. The fourth-order valence-corrected chi connectivity index (χ4v) is 8.73. The first-order chi connectivity index (χ1) is 31.6. The Morgan fingerprint density at radius 2 is 0.828 bits per heavy atom. The van der Waals surface area contributed by atoms with Crippen LogP contribution in [0.5, 0.6) is 0 Å². The van der Waals surface area contributed by atoms with E-state index in [-0.39, 0.29) is 0 Å². The summed E-state index contributed by atoms with van der Waals surface area (Å²) in [6, 6.07) is 74.8. The Hall–Kier alpha value is -8.79. The number of aromatic nitrogens is 5. The van der Waals surface area contributed by atoms with Gasteiger partial charge in [-0.05, 0) is 66.1 Å². The van der Waals surface area contributed by atoms with Crippen LogP contribution in [0.3, 0.4) is 0 Å². The molecule has 6 nitrogen and oxygen atoms in total. The van der Waals surface area contributed by atoms with Gasteiger partial charge in [0.25, 0.3) is 0 Å². The van der Waals surface area contributed by atoms with Gasteiger partial charge in [0.2, 0.25) is 0 Å². The van der Waals surface area contributed by atoms with Crippen LogP contribution < -0.4 is 0 Å². The molecule has 0 saturated carbocycles. The van der Waals surface area contributed by atoms with Gasteiger partial charge in [-0.15, -0.1) is 0 Å². The van der Waals surface area contributed by atoms with Crippen molar-refractivity contribution in [2.75, 3.05) is 0 Å². The number of rotatable bonds is 8. The number of benzene rings is 8. The molecule has 0 radical (unpaired) electrons. The molecule has 0 bridgehead atoms. The lowest BCUT2D eigenvalue weighted by Crippen LogP contribution is -2.05. The minimum Gasteiger partial charge on any atom is -0.308 e. The van der Waals surface area contributed by atoms with E-state index in [1.54, 1.807) is 0 Å². The molecule has 0 fully saturated rings. The third-order valence-corrected chi connectivity index (χ3v) is 11.8. The lowest BCUT2D eigenvalue weighted by Gasteiger charge is -2.20. The van der Waals surface area contributed by atoms with Crippen LogP contribution in [0.1, 0.15) is 11.1 Å². The largest absolute Gasteiger partial charge is 0.308 e. The first-order valence-electron chi connectivity index (χ1n) is 21.3. The van der Waals surface area contributed by atoms with Crippen molar-refractivity contribution >= 4 is 21.8 Å². The van der Waals surface area contributed by atoms with E-state index in [2.05, 4.69) is 109 Å². The smallest absolute Gasteiger partial charge is 0.160 e. The molecule has 64 heavy (non-hydrogen) atoms. The summed E-state index contributed by atoms with van der Waals surface area (Å²) < 4.78 is 2.33. The summed E-state index contributed by atoms with van der Waals surface area (Å²) in [5, 5.41) is 13.1. The van der Waals surface area contributed by atoms with Crippen molar-refractivity contribution < 1.29 is 0 Å². The maximum atomic E-state index is 10.9. The quantitative estimate of drug-likeness (QED) is 0.153. The average Bonchev–Trinajstić information content (AvgIpc) is 3.70. The molecule has 0 amide bonds. The number of hydrogen-bond donors (Lipinski definition) is 0. The van der Waals surface area contributed by atoms with Gasteiger partial charge < -0.3 is 4.57 Å². The van der Waals surface area contributed by atoms with Crippen molar-refractivity contribution in [3.8, 4) is 90.7 Å². The van der Waals surface area contributed by atoms with Gasteiger partial charge in [-0.1, -0.05) is 170 Å². The zero-order chi connectivity index (χ0) is 43.0. The molecule has 0 unspecified atom stereocenters. The molecule has 0 aliphatic carbocycles. The van der Waals surface area contributed by atoms with Crippen LogP contribution in [-0.4, -0.2) is 24.5 Å². The summed E-state index contributed by atoms with van der Waals surface area (Å²) in [4.78, 5) is 21.0. The highest BCUT2D eigenvalue weighted by molar-refractivity contribution is 6.12. The molecule has 0 N–H and O–H groups in total. The van der Waals surface area contributed by atoms with Crippen molar-refractivity contribution in [3.05, 3.63) is 223 Å². The fourth-order valence-electron chi connectivity index (χ4n) is 8.73. The van der Waals surface area contributed by atoms with E-state index in [0.717, 1.165) is 77.8 Å². The Labute approximate surface area is 371 Å². The second-order valence-corrected chi connectivity index (χ2v) is 15.8. The molecule has 11 rings (SSSR count). The topological polar surface area (TPSA) is 80.3 Å². The molecular formula is C58H38N6. The lowest BCUT2D eigenvalue weighted by molar-refractivity contribution is 1.14. The highest BCUT2D eigenvalue weighted by atomic mass is 15.0. The van der Waals surface area contributed by atoms with E-state index in [4.69, 9.17) is 19.9 Å². The summed E-state index contributed by atoms with van der Waals surface area (Å²) in [6.45, 7) is 2.16. The summed E-state index contributed by atoms with van der Waals surface area (Å²) >= 11 is 0. The van der Waals surface area contributed by atoms with Gasteiger partial charge in [0, 0.05) is 44.2 Å². The van der Waals surface area contributed by atoms with Crippen molar-refractivity contribution in [3.63, 3.8) is 0 Å². The van der Waals surface area contributed by atoms with Crippen LogP contribution in [0.4, 0.5) is 0 Å². The van der Waals surface area contributed by atoms with Crippen LogP contribution in [0.2, 0.25) is 0 Å². The Balaban J connectivity index is 1.28. The van der Waals surface area contributed by atoms with Gasteiger partial charge in [-0.25, -0.2) is 19.9 Å². The fraction of sp³-hybridized carbons (Fsp3) is 0.0172. The molecule has 0 aliphatic heterocycles. The van der Waals surface area contributed by atoms with E-state index in [0.29, 0.717) is 28.6 Å². The summed E-state index contributed by atoms with van der Waals surface area (Å²) in [6.07, 6.45) is 0. The van der Waals surface area contributed by atoms with Gasteiger partial charge in [0.15, 0.2) is 11.6 Å². The zero-order valence-electron chi connectivity index (χ0n) is 34.9. The number of fused-ring (bicyclic) bond motifs is 3. The van der Waals surface area contributed by atoms with Gasteiger partial charge in [0.1, 0.15) is 0 Å². The third kappa shape index (κ3) is 6.97. The van der Waals surface area contributed by atoms with Crippen molar-refractivity contribution in [2.24, 2.45) is 0 Å². The third-order valence-electron chi connectivity index (χ3n) is 11.8. The predicted molar refractivity (Wildman–Crippen MR) is 259 cm³/mol. The molecule has 0 spiro atoms. The van der Waals surface area contributed by atoms with Gasteiger partial charge >= 0.3 is 0 Å². The highest BCUT2D eigenvalue weighted by Gasteiger charge is 2.25. The van der Waals surface area contributed by atoms with Crippen molar-refractivity contribution in [1.82, 2.24) is 24.5 Å². The number of aryl methyl sites for hydroxylation is 1. The standard InChI is InChI=1S/C58H38N6/c1-38-18-14-15-27-45(38)44-30-31-55-47(34-44)46-28-16-17-29-54(46)64(55)56-48(52-35-50(40-19-6-2-7-20-40)60-57(62-52)42-23-10-4-11-24-42)32-39(37-59)33-49(56)53-36-51(41-21-8-3-9-22-41)61-58(63-53)43-25-12-5-13-26-43/h2-36H,1H3. The molecule has 0 saturated heterocycles. The van der Waals surface area contributed by atoms with Crippen LogP contribution >= 0.6 is 0 Å². The van der Waals surface area contributed by atoms with E-state index in [9.17, 15) is 5.26 Å². The van der Waals surface area contributed by atoms with Crippen molar-refractivity contribution in [2.45, 2.75) is 6.92 Å². The second kappa shape index (κ2) is 16.2. The molecule has 300 valence electrons. The zero-order valence-corrected chi connectivity index (χ0v) is 34.9. The number of para-hydroxylation sites is 1. The van der Waals surface area contributed by atoms with Crippen LogP contribution in [-0.2, 0) is 0 Å². The Kier molecular flexibility index (Phi) is 9.68. The van der Waals surface area contributed by atoms with Crippen LogP contribution in [0.25, 0.3) is 106 Å². The molecule has 8 aromatic carbocycles. The van der Waals surface area contributed by atoms with E-state index >= 15 is 0 Å². The molecule has 6 heteroatoms. The first-order valence-corrected chi connectivity index (χ1v) is 21.3. The van der Waals surface area contributed by atoms with Gasteiger partial charge in [-0.2, -0.15) is 5.26 Å².